The van der Waals surface area contributed by atoms with Gasteiger partial charge in [0.1, 0.15) is 0 Å². The van der Waals surface area contributed by atoms with Crippen LogP contribution < -0.4 is 0 Å². The second-order valence-electron chi connectivity index (χ2n) is 4.63. The van der Waals surface area contributed by atoms with Gasteiger partial charge in [0.25, 0.3) is 0 Å². The Bertz CT molecular complexity index is 487. The van der Waals surface area contributed by atoms with Crippen LogP contribution in [0.2, 0.25) is 0 Å². The highest BCUT2D eigenvalue weighted by Gasteiger charge is 2.18. The fraction of sp³-hybridized carbons (Fsp3) is 0.462. The van der Waals surface area contributed by atoms with Crippen LogP contribution in [0.1, 0.15) is 18.5 Å². The van der Waals surface area contributed by atoms with Gasteiger partial charge in [-0.1, -0.05) is 0 Å². The first kappa shape index (κ1) is 11.9. The third kappa shape index (κ3) is 2.63. The van der Waals surface area contributed by atoms with Crippen LogP contribution in [0.3, 0.4) is 0 Å². The van der Waals surface area contributed by atoms with Gasteiger partial charge in [0.05, 0.1) is 18.1 Å². The van der Waals surface area contributed by atoms with Gasteiger partial charge in [-0.2, -0.15) is 0 Å². The highest BCUT2D eigenvalue weighted by Crippen LogP contribution is 2.25. The molecule has 0 amide bonds. The zero-order chi connectivity index (χ0) is 12.4. The molecule has 0 aliphatic carbocycles. The van der Waals surface area contributed by atoms with E-state index in [2.05, 4.69) is 15.3 Å². The Labute approximate surface area is 110 Å². The molecule has 18 heavy (non-hydrogen) atoms. The number of furan rings is 1. The van der Waals surface area contributed by atoms with Gasteiger partial charge in [-0.25, -0.2) is 4.98 Å². The number of aliphatic hydroxyl groups is 1. The van der Waals surface area contributed by atoms with Crippen molar-refractivity contribution in [2.75, 3.05) is 13.1 Å². The minimum atomic E-state index is -0.115. The molecule has 96 valence electrons. The largest absolute Gasteiger partial charge is 0.462 e. The van der Waals surface area contributed by atoms with Gasteiger partial charge in [-0.15, -0.1) is 11.3 Å². The lowest BCUT2D eigenvalue weighted by Crippen LogP contribution is -2.35. The first-order chi connectivity index (χ1) is 8.81. The van der Waals surface area contributed by atoms with E-state index in [9.17, 15) is 5.11 Å². The summed E-state index contributed by atoms with van der Waals surface area (Å²) in [6, 6.07) is 3.81. The van der Waals surface area contributed by atoms with Gasteiger partial charge in [-0.05, 0) is 25.0 Å². The molecule has 0 saturated carbocycles. The number of aliphatic hydroxyl groups excluding tert-OH is 1. The summed E-state index contributed by atoms with van der Waals surface area (Å²) < 4.78 is 5.34. The normalized spacial score (nSPS) is 18.3. The molecule has 0 bridgehead atoms. The molecule has 1 fully saturated rings. The van der Waals surface area contributed by atoms with Crippen LogP contribution in [0.5, 0.6) is 0 Å². The molecule has 2 aromatic heterocycles. The molecule has 0 radical (unpaired) electrons. The van der Waals surface area contributed by atoms with E-state index in [1.807, 2.05) is 12.1 Å². The van der Waals surface area contributed by atoms with Crippen molar-refractivity contribution in [1.82, 2.24) is 9.88 Å². The van der Waals surface area contributed by atoms with Crippen LogP contribution in [-0.2, 0) is 6.54 Å². The second kappa shape index (κ2) is 5.22. The molecule has 1 aliphatic rings. The Kier molecular flexibility index (Phi) is 3.45. The molecule has 0 aromatic carbocycles. The quantitative estimate of drug-likeness (QED) is 0.924. The molecule has 1 N–H and O–H groups in total. The fourth-order valence-corrected chi connectivity index (χ4v) is 2.98. The van der Waals surface area contributed by atoms with Crippen LogP contribution in [0.15, 0.2) is 28.2 Å². The van der Waals surface area contributed by atoms with E-state index in [-0.39, 0.29) is 6.10 Å². The Morgan fingerprint density at radius 3 is 3.00 bits per heavy atom. The lowest BCUT2D eigenvalue weighted by molar-refractivity contribution is 0.0787. The number of thiazole rings is 1. The number of hydrogen-bond acceptors (Lipinski definition) is 5. The zero-order valence-electron chi connectivity index (χ0n) is 10.1. The Morgan fingerprint density at radius 2 is 2.28 bits per heavy atom. The van der Waals surface area contributed by atoms with Gasteiger partial charge in [0.15, 0.2) is 10.8 Å². The van der Waals surface area contributed by atoms with E-state index < -0.39 is 0 Å². The molecule has 1 saturated heterocycles. The van der Waals surface area contributed by atoms with Gasteiger partial charge in [0, 0.05) is 25.0 Å². The standard InChI is InChI=1S/C13H16N2O2S/c16-11-3-5-15(6-4-11)8-10-9-18-13(14-10)12-2-1-7-17-12/h1-2,7,9,11,16H,3-6,8H2. The molecule has 0 spiro atoms. The average Bonchev–Trinajstić information content (AvgIpc) is 3.02. The topological polar surface area (TPSA) is 49.5 Å². The lowest BCUT2D eigenvalue weighted by Gasteiger charge is -2.28. The number of likely N-dealkylation sites (tertiary alicyclic amines) is 1. The fourth-order valence-electron chi connectivity index (χ4n) is 2.20. The predicted molar refractivity (Wildman–Crippen MR) is 70.3 cm³/mol. The summed E-state index contributed by atoms with van der Waals surface area (Å²) in [5.74, 6) is 0.834. The zero-order valence-corrected chi connectivity index (χ0v) is 10.9. The Morgan fingerprint density at radius 1 is 1.44 bits per heavy atom. The van der Waals surface area contributed by atoms with E-state index in [0.29, 0.717) is 0 Å². The Balaban J connectivity index is 1.64. The van der Waals surface area contributed by atoms with Crippen molar-refractivity contribution in [3.63, 3.8) is 0 Å². The molecule has 3 heterocycles. The number of rotatable bonds is 3. The molecule has 2 aromatic rings. The third-order valence-electron chi connectivity index (χ3n) is 3.23. The number of piperidine rings is 1. The van der Waals surface area contributed by atoms with Crippen LogP contribution in [-0.4, -0.2) is 34.2 Å². The highest BCUT2D eigenvalue weighted by molar-refractivity contribution is 7.13. The molecule has 0 atom stereocenters. The molecule has 0 unspecified atom stereocenters. The van der Waals surface area contributed by atoms with Crippen molar-refractivity contribution in [2.45, 2.75) is 25.5 Å². The van der Waals surface area contributed by atoms with E-state index in [1.165, 1.54) is 0 Å². The summed E-state index contributed by atoms with van der Waals surface area (Å²) >= 11 is 1.62. The average molecular weight is 264 g/mol. The van der Waals surface area contributed by atoms with Crippen LogP contribution in [0, 0.1) is 0 Å². The van der Waals surface area contributed by atoms with E-state index in [0.717, 1.165) is 48.9 Å². The van der Waals surface area contributed by atoms with Crippen molar-refractivity contribution in [3.05, 3.63) is 29.5 Å². The van der Waals surface area contributed by atoms with Crippen LogP contribution in [0.4, 0.5) is 0 Å². The summed E-state index contributed by atoms with van der Waals surface area (Å²) in [6.45, 7) is 2.77. The first-order valence-electron chi connectivity index (χ1n) is 6.20. The Hall–Kier alpha value is -1.17. The monoisotopic (exact) mass is 264 g/mol. The molecular weight excluding hydrogens is 248 g/mol. The summed E-state index contributed by atoms with van der Waals surface area (Å²) in [5.41, 5.74) is 1.09. The number of aromatic nitrogens is 1. The van der Waals surface area contributed by atoms with Crippen molar-refractivity contribution < 1.29 is 9.52 Å². The molecule has 3 rings (SSSR count). The molecule has 1 aliphatic heterocycles. The van der Waals surface area contributed by atoms with Gasteiger partial charge >= 0.3 is 0 Å². The summed E-state index contributed by atoms with van der Waals surface area (Å²) in [7, 11) is 0. The van der Waals surface area contributed by atoms with Crippen LogP contribution >= 0.6 is 11.3 Å². The van der Waals surface area contributed by atoms with E-state index in [1.54, 1.807) is 17.6 Å². The smallest absolute Gasteiger partial charge is 0.162 e. The van der Waals surface area contributed by atoms with Crippen molar-refractivity contribution in [2.24, 2.45) is 0 Å². The lowest BCUT2D eigenvalue weighted by atomic mass is 10.1. The SMILES string of the molecule is OC1CCN(Cc2csc(-c3ccco3)n2)CC1. The second-order valence-corrected chi connectivity index (χ2v) is 5.49. The minimum absolute atomic E-state index is 0.115. The third-order valence-corrected chi connectivity index (χ3v) is 4.13. The minimum Gasteiger partial charge on any atom is -0.462 e. The number of hydrogen-bond donors (Lipinski definition) is 1. The molecule has 5 heteroatoms. The van der Waals surface area contributed by atoms with Gasteiger partial charge < -0.3 is 9.52 Å². The van der Waals surface area contributed by atoms with Crippen LogP contribution in [0.25, 0.3) is 10.8 Å². The summed E-state index contributed by atoms with van der Waals surface area (Å²) in [6.07, 6.45) is 3.29. The molecule has 4 nitrogen and oxygen atoms in total. The predicted octanol–water partition coefficient (Wildman–Crippen LogP) is 2.36. The maximum absolute atomic E-state index is 9.47. The number of nitrogens with zero attached hydrogens (tertiary/aromatic N) is 2. The maximum Gasteiger partial charge on any atom is 0.162 e. The molecular formula is C13H16N2O2S. The van der Waals surface area contributed by atoms with Crippen molar-refractivity contribution in [3.8, 4) is 10.8 Å². The van der Waals surface area contributed by atoms with Crippen molar-refractivity contribution >= 4 is 11.3 Å². The van der Waals surface area contributed by atoms with E-state index >= 15 is 0 Å². The highest BCUT2D eigenvalue weighted by atomic mass is 32.1. The van der Waals surface area contributed by atoms with Crippen molar-refractivity contribution in [1.29, 1.82) is 0 Å². The maximum atomic E-state index is 9.47. The van der Waals surface area contributed by atoms with Gasteiger partial charge in [-0.3, -0.25) is 4.90 Å². The van der Waals surface area contributed by atoms with Gasteiger partial charge in [0.2, 0.25) is 0 Å². The van der Waals surface area contributed by atoms with E-state index in [4.69, 9.17) is 4.42 Å². The summed E-state index contributed by atoms with van der Waals surface area (Å²) in [4.78, 5) is 6.93. The first-order valence-corrected chi connectivity index (χ1v) is 7.08. The summed E-state index contributed by atoms with van der Waals surface area (Å²) in [5, 5.41) is 12.5.